The third kappa shape index (κ3) is 4.85. The highest BCUT2D eigenvalue weighted by atomic mass is 32.2. The molecular weight excluding hydrogens is 358 g/mol. The monoisotopic (exact) mass is 377 g/mol. The first-order valence-corrected chi connectivity index (χ1v) is 9.92. The van der Waals surface area contributed by atoms with Gasteiger partial charge in [-0.2, -0.15) is 0 Å². The molecule has 0 spiro atoms. The molecule has 0 unspecified atom stereocenters. The normalized spacial score (nSPS) is 18.2. The van der Waals surface area contributed by atoms with Crippen molar-refractivity contribution in [2.75, 3.05) is 16.8 Å². The van der Waals surface area contributed by atoms with Crippen molar-refractivity contribution in [1.29, 1.82) is 0 Å². The molecule has 0 bridgehead atoms. The fraction of sp³-hybridized carbons (Fsp3) is 0.294. The Morgan fingerprint density at radius 2 is 1.92 bits per heavy atom. The van der Waals surface area contributed by atoms with Gasteiger partial charge in [0.05, 0.1) is 24.3 Å². The van der Waals surface area contributed by atoms with Crippen LogP contribution >= 0.6 is 0 Å². The van der Waals surface area contributed by atoms with Gasteiger partial charge in [0.1, 0.15) is 5.76 Å². The second-order valence-electron chi connectivity index (χ2n) is 6.04. The second-order valence-corrected chi connectivity index (χ2v) is 8.27. The van der Waals surface area contributed by atoms with E-state index < -0.39 is 15.9 Å². The number of urea groups is 1. The van der Waals surface area contributed by atoms with Crippen molar-refractivity contribution in [3.05, 3.63) is 54.0 Å². The van der Waals surface area contributed by atoms with Crippen LogP contribution in [0.15, 0.2) is 47.1 Å². The van der Waals surface area contributed by atoms with Crippen LogP contribution in [0.3, 0.4) is 0 Å². The third-order valence-corrected chi connectivity index (χ3v) is 5.74. The number of sulfone groups is 1. The molecule has 0 radical (unpaired) electrons. The van der Waals surface area contributed by atoms with Crippen LogP contribution < -0.4 is 16.0 Å². The zero-order valence-electron chi connectivity index (χ0n) is 13.9. The van der Waals surface area contributed by atoms with Crippen LogP contribution in [-0.2, 0) is 16.4 Å². The Bertz CT molecular complexity index is 876. The largest absolute Gasteiger partial charge is 0.467 e. The first-order chi connectivity index (χ1) is 12.4. The standard InChI is InChI=1S/C17H19N3O5S/c21-16(18-10-15-2-1-8-25-15)12-3-5-13(6-4-12)19-17(22)20-14-7-9-26(23,24)11-14/h1-6,8,14H,7,9-11H2,(H,18,21)(H2,19,20,22)/t14-/m0/s1. The van der Waals surface area contributed by atoms with E-state index in [9.17, 15) is 18.0 Å². The topological polar surface area (TPSA) is 118 Å². The van der Waals surface area contributed by atoms with Crippen LogP contribution in [-0.4, -0.2) is 37.9 Å². The van der Waals surface area contributed by atoms with E-state index in [1.807, 2.05) is 0 Å². The molecule has 1 aliphatic heterocycles. The number of hydrogen-bond acceptors (Lipinski definition) is 5. The summed E-state index contributed by atoms with van der Waals surface area (Å²) in [4.78, 5) is 24.0. The number of furan rings is 1. The average molecular weight is 377 g/mol. The molecule has 8 nitrogen and oxygen atoms in total. The Morgan fingerprint density at radius 1 is 1.15 bits per heavy atom. The summed E-state index contributed by atoms with van der Waals surface area (Å²) < 4.78 is 27.9. The number of hydrogen-bond donors (Lipinski definition) is 3. The molecule has 1 atom stereocenters. The van der Waals surface area contributed by atoms with Crippen molar-refractivity contribution in [1.82, 2.24) is 10.6 Å². The maximum Gasteiger partial charge on any atom is 0.319 e. The first-order valence-electron chi connectivity index (χ1n) is 8.10. The summed E-state index contributed by atoms with van der Waals surface area (Å²) in [5.41, 5.74) is 0.954. The number of rotatable bonds is 5. The van der Waals surface area contributed by atoms with E-state index in [-0.39, 0.29) is 23.5 Å². The van der Waals surface area contributed by atoms with E-state index in [1.165, 1.54) is 6.26 Å². The number of carbonyl (C=O) groups excluding carboxylic acids is 2. The van der Waals surface area contributed by atoms with Gasteiger partial charge in [-0.15, -0.1) is 0 Å². The van der Waals surface area contributed by atoms with Gasteiger partial charge in [0, 0.05) is 17.3 Å². The van der Waals surface area contributed by atoms with E-state index in [1.54, 1.807) is 36.4 Å². The second kappa shape index (κ2) is 7.61. The van der Waals surface area contributed by atoms with E-state index >= 15 is 0 Å². The third-order valence-electron chi connectivity index (χ3n) is 3.98. The van der Waals surface area contributed by atoms with Crippen molar-refractivity contribution in [3.8, 4) is 0 Å². The van der Waals surface area contributed by atoms with Gasteiger partial charge in [-0.1, -0.05) is 0 Å². The summed E-state index contributed by atoms with van der Waals surface area (Å²) in [5.74, 6) is 0.463. The minimum Gasteiger partial charge on any atom is -0.467 e. The number of nitrogens with one attached hydrogen (secondary N) is 3. The van der Waals surface area contributed by atoms with E-state index in [2.05, 4.69) is 16.0 Å². The highest BCUT2D eigenvalue weighted by Gasteiger charge is 2.28. The number of carbonyl (C=O) groups is 2. The number of benzene rings is 1. The summed E-state index contributed by atoms with van der Waals surface area (Å²) >= 11 is 0. The molecule has 3 rings (SSSR count). The Morgan fingerprint density at radius 3 is 2.54 bits per heavy atom. The predicted octanol–water partition coefficient (Wildman–Crippen LogP) is 1.52. The lowest BCUT2D eigenvalue weighted by Crippen LogP contribution is -2.38. The maximum absolute atomic E-state index is 12.1. The zero-order valence-corrected chi connectivity index (χ0v) is 14.7. The van der Waals surface area contributed by atoms with Crippen molar-refractivity contribution >= 4 is 27.5 Å². The molecule has 138 valence electrons. The van der Waals surface area contributed by atoms with Gasteiger partial charge in [-0.05, 0) is 42.8 Å². The quantitative estimate of drug-likeness (QED) is 0.730. The van der Waals surface area contributed by atoms with Crippen LogP contribution in [0.4, 0.5) is 10.5 Å². The van der Waals surface area contributed by atoms with Crippen molar-refractivity contribution < 1.29 is 22.4 Å². The molecule has 1 aromatic carbocycles. The fourth-order valence-corrected chi connectivity index (χ4v) is 4.32. The minimum absolute atomic E-state index is 0.0325. The lowest BCUT2D eigenvalue weighted by Gasteiger charge is -2.12. The molecule has 26 heavy (non-hydrogen) atoms. The average Bonchev–Trinajstić information content (AvgIpc) is 3.22. The van der Waals surface area contributed by atoms with Crippen LogP contribution in [0.25, 0.3) is 0 Å². The fourth-order valence-electron chi connectivity index (χ4n) is 2.65. The van der Waals surface area contributed by atoms with Crippen molar-refractivity contribution in [2.24, 2.45) is 0 Å². The van der Waals surface area contributed by atoms with Gasteiger partial charge in [-0.25, -0.2) is 13.2 Å². The lowest BCUT2D eigenvalue weighted by atomic mass is 10.2. The summed E-state index contributed by atoms with van der Waals surface area (Å²) in [6, 6.07) is 9.06. The maximum atomic E-state index is 12.1. The molecule has 1 aromatic heterocycles. The molecule has 2 aromatic rings. The molecule has 0 saturated carbocycles. The molecule has 3 amide bonds. The van der Waals surface area contributed by atoms with Crippen LogP contribution in [0, 0.1) is 0 Å². The molecule has 9 heteroatoms. The van der Waals surface area contributed by atoms with Gasteiger partial charge in [-0.3, -0.25) is 4.79 Å². The minimum atomic E-state index is -3.04. The Labute approximate surface area is 150 Å². The van der Waals surface area contributed by atoms with Gasteiger partial charge in [0.25, 0.3) is 5.91 Å². The van der Waals surface area contributed by atoms with Crippen LogP contribution in [0.1, 0.15) is 22.5 Å². The van der Waals surface area contributed by atoms with E-state index in [4.69, 9.17) is 4.42 Å². The SMILES string of the molecule is O=C(Nc1ccc(C(=O)NCc2ccco2)cc1)N[C@H]1CCS(=O)(=O)C1. The summed E-state index contributed by atoms with van der Waals surface area (Å²) in [5, 5.41) is 7.99. The Balaban J connectivity index is 1.49. The number of anilines is 1. The first kappa shape index (κ1) is 18.0. The van der Waals surface area contributed by atoms with Crippen molar-refractivity contribution in [2.45, 2.75) is 19.0 Å². The Kier molecular flexibility index (Phi) is 5.27. The van der Waals surface area contributed by atoms with E-state index in [0.717, 1.165) is 0 Å². The molecule has 2 heterocycles. The molecular formula is C17H19N3O5S. The lowest BCUT2D eigenvalue weighted by molar-refractivity contribution is 0.0948. The number of amides is 3. The van der Waals surface area contributed by atoms with E-state index in [0.29, 0.717) is 30.0 Å². The Hall–Kier alpha value is -2.81. The molecule has 1 fully saturated rings. The summed E-state index contributed by atoms with van der Waals surface area (Å²) in [7, 11) is -3.04. The molecule has 0 aliphatic carbocycles. The molecule has 1 saturated heterocycles. The summed E-state index contributed by atoms with van der Waals surface area (Å²) in [6.07, 6.45) is 1.96. The zero-order chi connectivity index (χ0) is 18.6. The predicted molar refractivity (Wildman–Crippen MR) is 95.5 cm³/mol. The molecule has 3 N–H and O–H groups in total. The molecule has 1 aliphatic rings. The summed E-state index contributed by atoms with van der Waals surface area (Å²) in [6.45, 7) is 0.290. The van der Waals surface area contributed by atoms with Gasteiger partial charge in [0.15, 0.2) is 9.84 Å². The van der Waals surface area contributed by atoms with Gasteiger partial charge in [0.2, 0.25) is 0 Å². The van der Waals surface area contributed by atoms with Gasteiger partial charge < -0.3 is 20.4 Å². The highest BCUT2D eigenvalue weighted by molar-refractivity contribution is 7.91. The van der Waals surface area contributed by atoms with Crippen LogP contribution in [0.5, 0.6) is 0 Å². The van der Waals surface area contributed by atoms with Crippen molar-refractivity contribution in [3.63, 3.8) is 0 Å². The smallest absolute Gasteiger partial charge is 0.319 e. The van der Waals surface area contributed by atoms with Gasteiger partial charge >= 0.3 is 6.03 Å². The van der Waals surface area contributed by atoms with Crippen LogP contribution in [0.2, 0.25) is 0 Å². The highest BCUT2D eigenvalue weighted by Crippen LogP contribution is 2.13.